The van der Waals surface area contributed by atoms with Crippen LogP contribution in [0.2, 0.25) is 0 Å². The van der Waals surface area contributed by atoms with Crippen LogP contribution in [0.4, 0.5) is 18.9 Å². The van der Waals surface area contributed by atoms with E-state index in [-0.39, 0.29) is 6.04 Å². The molecule has 1 aromatic carbocycles. The Hall–Kier alpha value is -1.72. The molecule has 6 heteroatoms. The number of anilines is 1. The van der Waals surface area contributed by atoms with Crippen LogP contribution in [-0.4, -0.2) is 32.1 Å². The Labute approximate surface area is 109 Å². The molecule has 0 saturated heterocycles. The van der Waals surface area contributed by atoms with Crippen LogP contribution < -0.4 is 4.90 Å². The fraction of sp³-hybridized carbons (Fsp3) is 0.462. The lowest BCUT2D eigenvalue weighted by molar-refractivity contribution is -0.137. The molecule has 2 rings (SSSR count). The fourth-order valence-electron chi connectivity index (χ4n) is 1.96. The van der Waals surface area contributed by atoms with Gasteiger partial charge in [-0.1, -0.05) is 0 Å². The molecular formula is C13H15F3N2O. The van der Waals surface area contributed by atoms with E-state index in [9.17, 15) is 13.2 Å². The first-order chi connectivity index (χ1) is 9.00. The molecule has 1 aromatic rings. The van der Waals surface area contributed by atoms with Crippen LogP contribution >= 0.6 is 0 Å². The molecule has 3 nitrogen and oxygen atoms in total. The Kier molecular flexibility index (Phi) is 3.97. The number of aliphatic imine (C=N–C) groups is 1. The molecule has 1 heterocycles. The number of hydrogen-bond donors (Lipinski definition) is 0. The summed E-state index contributed by atoms with van der Waals surface area (Å²) in [5.41, 5.74) is 0.132. The minimum absolute atomic E-state index is 0.0437. The quantitative estimate of drug-likeness (QED) is 0.841. The average Bonchev–Trinajstić information content (AvgIpc) is 2.88. The standard InChI is InChI=1S/C13H15F3N2O/c1-2-18(7-11-8-19-9-17-11)12-5-3-10(4-6-12)13(14,15)16/h3-6,9,11H,2,7-8H2,1H3. The Balaban J connectivity index is 2.08. The summed E-state index contributed by atoms with van der Waals surface area (Å²) >= 11 is 0. The molecule has 0 amide bonds. The topological polar surface area (TPSA) is 24.8 Å². The molecule has 104 valence electrons. The lowest BCUT2D eigenvalue weighted by Gasteiger charge is -2.25. The van der Waals surface area contributed by atoms with Crippen LogP contribution in [0.3, 0.4) is 0 Å². The molecule has 1 unspecified atom stereocenters. The Morgan fingerprint density at radius 1 is 1.32 bits per heavy atom. The first-order valence-electron chi connectivity index (χ1n) is 6.06. The van der Waals surface area contributed by atoms with Crippen LogP contribution in [0.25, 0.3) is 0 Å². The first kappa shape index (κ1) is 13.7. The van der Waals surface area contributed by atoms with Gasteiger partial charge in [-0.15, -0.1) is 0 Å². The Bertz CT molecular complexity index is 442. The highest BCUT2D eigenvalue weighted by molar-refractivity contribution is 5.51. The van der Waals surface area contributed by atoms with E-state index < -0.39 is 11.7 Å². The average molecular weight is 272 g/mol. The van der Waals surface area contributed by atoms with E-state index >= 15 is 0 Å². The predicted molar refractivity (Wildman–Crippen MR) is 67.6 cm³/mol. The zero-order valence-corrected chi connectivity index (χ0v) is 10.5. The van der Waals surface area contributed by atoms with Crippen molar-refractivity contribution >= 4 is 12.1 Å². The zero-order valence-electron chi connectivity index (χ0n) is 10.5. The van der Waals surface area contributed by atoms with Crippen molar-refractivity contribution in [1.29, 1.82) is 0 Å². The number of nitrogens with zero attached hydrogens (tertiary/aromatic N) is 2. The molecule has 1 aliphatic heterocycles. The molecule has 0 saturated carbocycles. The minimum atomic E-state index is -4.29. The van der Waals surface area contributed by atoms with Crippen molar-refractivity contribution < 1.29 is 17.9 Å². The number of alkyl halides is 3. The fourth-order valence-corrected chi connectivity index (χ4v) is 1.96. The smallest absolute Gasteiger partial charge is 0.416 e. The number of benzene rings is 1. The number of hydrogen-bond acceptors (Lipinski definition) is 3. The van der Waals surface area contributed by atoms with E-state index in [0.29, 0.717) is 19.7 Å². The normalized spacial score (nSPS) is 18.4. The second-order valence-corrected chi connectivity index (χ2v) is 4.32. The van der Waals surface area contributed by atoms with Gasteiger partial charge in [-0.3, -0.25) is 0 Å². The molecule has 0 bridgehead atoms. The second-order valence-electron chi connectivity index (χ2n) is 4.32. The van der Waals surface area contributed by atoms with Crippen molar-refractivity contribution in [3.63, 3.8) is 0 Å². The molecule has 19 heavy (non-hydrogen) atoms. The highest BCUT2D eigenvalue weighted by Gasteiger charge is 2.30. The van der Waals surface area contributed by atoms with Gasteiger partial charge in [0.1, 0.15) is 12.6 Å². The van der Waals surface area contributed by atoms with Crippen LogP contribution in [0, 0.1) is 0 Å². The van der Waals surface area contributed by atoms with Crippen LogP contribution in [0.5, 0.6) is 0 Å². The summed E-state index contributed by atoms with van der Waals surface area (Å²) in [6.45, 7) is 3.82. The predicted octanol–water partition coefficient (Wildman–Crippen LogP) is 2.96. The maximum Gasteiger partial charge on any atom is 0.416 e. The van der Waals surface area contributed by atoms with E-state index in [1.165, 1.54) is 18.5 Å². The van der Waals surface area contributed by atoms with Gasteiger partial charge < -0.3 is 9.64 Å². The number of rotatable bonds is 4. The molecular weight excluding hydrogens is 257 g/mol. The van der Waals surface area contributed by atoms with Gasteiger partial charge in [0.25, 0.3) is 0 Å². The maximum absolute atomic E-state index is 12.5. The van der Waals surface area contributed by atoms with Gasteiger partial charge in [0.05, 0.1) is 5.56 Å². The van der Waals surface area contributed by atoms with E-state index in [1.807, 2.05) is 11.8 Å². The van der Waals surface area contributed by atoms with Crippen LogP contribution in [0.1, 0.15) is 12.5 Å². The van der Waals surface area contributed by atoms with Crippen LogP contribution in [-0.2, 0) is 10.9 Å². The third-order valence-electron chi connectivity index (χ3n) is 3.01. The van der Waals surface area contributed by atoms with Gasteiger partial charge in [0.2, 0.25) is 0 Å². The van der Waals surface area contributed by atoms with E-state index in [0.717, 1.165) is 17.8 Å². The highest BCUT2D eigenvalue weighted by Crippen LogP contribution is 2.30. The van der Waals surface area contributed by atoms with E-state index in [4.69, 9.17) is 4.74 Å². The van der Waals surface area contributed by atoms with Gasteiger partial charge in [0, 0.05) is 18.8 Å². The molecule has 0 N–H and O–H groups in total. The van der Waals surface area contributed by atoms with Gasteiger partial charge in [-0.2, -0.15) is 13.2 Å². The highest BCUT2D eigenvalue weighted by atomic mass is 19.4. The minimum Gasteiger partial charge on any atom is -0.481 e. The molecule has 0 aliphatic carbocycles. The van der Waals surface area contributed by atoms with Gasteiger partial charge in [0.15, 0.2) is 6.40 Å². The summed E-state index contributed by atoms with van der Waals surface area (Å²) in [6.07, 6.45) is -2.87. The number of likely N-dealkylation sites (N-methyl/N-ethyl adjacent to an activating group) is 1. The lowest BCUT2D eigenvalue weighted by Crippen LogP contribution is -2.32. The molecule has 1 aliphatic rings. The largest absolute Gasteiger partial charge is 0.481 e. The van der Waals surface area contributed by atoms with Crippen molar-refractivity contribution in [2.45, 2.75) is 19.1 Å². The lowest BCUT2D eigenvalue weighted by atomic mass is 10.1. The Morgan fingerprint density at radius 3 is 2.47 bits per heavy atom. The van der Waals surface area contributed by atoms with E-state index in [1.54, 1.807) is 0 Å². The van der Waals surface area contributed by atoms with Crippen molar-refractivity contribution in [1.82, 2.24) is 0 Å². The third-order valence-corrected chi connectivity index (χ3v) is 3.01. The second kappa shape index (κ2) is 5.50. The van der Waals surface area contributed by atoms with Crippen molar-refractivity contribution in [3.05, 3.63) is 29.8 Å². The monoisotopic (exact) mass is 272 g/mol. The first-order valence-corrected chi connectivity index (χ1v) is 6.06. The Morgan fingerprint density at radius 2 is 2.00 bits per heavy atom. The van der Waals surface area contributed by atoms with Crippen molar-refractivity contribution in [2.75, 3.05) is 24.6 Å². The SMILES string of the molecule is CCN(CC1COC=N1)c1ccc(C(F)(F)F)cc1. The molecule has 0 radical (unpaired) electrons. The van der Waals surface area contributed by atoms with Gasteiger partial charge in [-0.25, -0.2) is 4.99 Å². The zero-order chi connectivity index (χ0) is 13.9. The van der Waals surface area contributed by atoms with Crippen molar-refractivity contribution in [2.24, 2.45) is 4.99 Å². The number of halogens is 3. The van der Waals surface area contributed by atoms with Gasteiger partial charge >= 0.3 is 6.18 Å². The summed E-state index contributed by atoms with van der Waals surface area (Å²) in [6, 6.07) is 5.23. The third kappa shape index (κ3) is 3.39. The maximum atomic E-state index is 12.5. The summed E-state index contributed by atoms with van der Waals surface area (Å²) in [5.74, 6) is 0. The molecule has 0 spiro atoms. The summed E-state index contributed by atoms with van der Waals surface area (Å²) < 4.78 is 42.5. The molecule has 0 aromatic heterocycles. The van der Waals surface area contributed by atoms with Crippen molar-refractivity contribution in [3.8, 4) is 0 Å². The number of ether oxygens (including phenoxy) is 1. The summed E-state index contributed by atoms with van der Waals surface area (Å²) in [7, 11) is 0. The van der Waals surface area contributed by atoms with Gasteiger partial charge in [-0.05, 0) is 31.2 Å². The van der Waals surface area contributed by atoms with E-state index in [2.05, 4.69) is 4.99 Å². The summed E-state index contributed by atoms with van der Waals surface area (Å²) in [4.78, 5) is 6.12. The summed E-state index contributed by atoms with van der Waals surface area (Å²) in [5, 5.41) is 0. The molecule has 0 fully saturated rings. The molecule has 1 atom stereocenters. The van der Waals surface area contributed by atoms with Crippen LogP contribution in [0.15, 0.2) is 29.3 Å².